The highest BCUT2D eigenvalue weighted by Crippen LogP contribution is 2.43. The first-order valence-corrected chi connectivity index (χ1v) is 22.3. The first kappa shape index (κ1) is 38.3. The molecule has 308 valence electrons. The van der Waals surface area contributed by atoms with Crippen LogP contribution in [0.25, 0.3) is 104 Å². The molecule has 0 bridgehead atoms. The van der Waals surface area contributed by atoms with Gasteiger partial charge in [0.05, 0.1) is 11.2 Å². The lowest BCUT2D eigenvalue weighted by atomic mass is 9.97. The minimum atomic E-state index is 0.115. The van der Waals surface area contributed by atoms with Crippen LogP contribution in [0.3, 0.4) is 0 Å². The molecule has 1 N–H and O–H groups in total. The maximum absolute atomic E-state index is 8.96. The van der Waals surface area contributed by atoms with Crippen LogP contribution in [0.15, 0.2) is 201 Å². The maximum Gasteiger partial charge on any atom is 0.161 e. The van der Waals surface area contributed by atoms with Crippen LogP contribution in [0, 0.1) is 5.41 Å². The number of furan rings is 2. The van der Waals surface area contributed by atoms with Gasteiger partial charge in [-0.15, -0.1) is 11.3 Å². The van der Waals surface area contributed by atoms with Crippen molar-refractivity contribution in [2.24, 2.45) is 9.98 Å². The van der Waals surface area contributed by atoms with Crippen molar-refractivity contribution in [3.8, 4) is 16.8 Å². The molecule has 7 heteroatoms. The van der Waals surface area contributed by atoms with E-state index in [0.717, 1.165) is 88.6 Å². The summed E-state index contributed by atoms with van der Waals surface area (Å²) in [6.45, 7) is 6.23. The number of thiophene rings is 1. The second-order valence-corrected chi connectivity index (χ2v) is 17.2. The maximum atomic E-state index is 8.96. The fraction of sp³-hybridized carbons (Fsp3) is 0.0172. The Morgan fingerprint density at radius 1 is 0.615 bits per heavy atom. The zero-order valence-corrected chi connectivity index (χ0v) is 36.1. The Labute approximate surface area is 377 Å². The highest BCUT2D eigenvalue weighted by molar-refractivity contribution is 7.26. The fourth-order valence-corrected chi connectivity index (χ4v) is 10.5. The Kier molecular flexibility index (Phi) is 9.10. The monoisotopic (exact) mass is 854 g/mol. The summed E-state index contributed by atoms with van der Waals surface area (Å²) in [7, 11) is 0. The van der Waals surface area contributed by atoms with Crippen molar-refractivity contribution in [1.29, 1.82) is 5.41 Å². The van der Waals surface area contributed by atoms with Gasteiger partial charge in [-0.25, -0.2) is 9.98 Å². The molecule has 0 atom stereocenters. The topological polar surface area (TPSA) is 79.8 Å². The molecule has 12 aromatic rings. The highest BCUT2D eigenvalue weighted by atomic mass is 32.1. The van der Waals surface area contributed by atoms with E-state index >= 15 is 0 Å². The largest absolute Gasteiger partial charge is 0.456 e. The molecule has 12 rings (SSSR count). The molecular formula is C58H38N4O2S. The molecule has 4 aromatic heterocycles. The molecule has 0 aliphatic rings. The summed E-state index contributed by atoms with van der Waals surface area (Å²) in [5.74, 6) is 0.513. The standard InChI is InChI=1S/C58H38N4O2S/c1-3-14-47-40(4-2)42-18-8-10-21-48(42)62(47)39-27-29-45-54(33-39)65-53-24-13-20-41(56(45)53)36-26-30-50-46(31-36)55-38(17-12-23-51(55)63-50)34-60-58(61-57(59)35-15-6-5-7-16-35)37-25-28-44-43-19-9-11-22-49(43)64-52(44)32-37/h3-34,59H,2H2,1H3/b14-3-,59-57?,60-34?,61-58?. The van der Waals surface area contributed by atoms with Gasteiger partial charge >= 0.3 is 0 Å². The number of amidine groups is 2. The summed E-state index contributed by atoms with van der Waals surface area (Å²) in [6, 6.07) is 58.0. The Morgan fingerprint density at radius 3 is 2.25 bits per heavy atom. The van der Waals surface area contributed by atoms with Gasteiger partial charge in [-0.05, 0) is 84.8 Å². The first-order chi connectivity index (χ1) is 32.0. The summed E-state index contributed by atoms with van der Waals surface area (Å²) in [6.07, 6.45) is 8.06. The summed E-state index contributed by atoms with van der Waals surface area (Å²) >= 11 is 1.82. The van der Waals surface area contributed by atoms with Gasteiger partial charge in [-0.3, -0.25) is 5.41 Å². The molecule has 0 unspecified atom stereocenters. The first-order valence-electron chi connectivity index (χ1n) is 21.5. The molecule has 6 nitrogen and oxygen atoms in total. The minimum Gasteiger partial charge on any atom is -0.456 e. The molecular weight excluding hydrogens is 817 g/mol. The second-order valence-electron chi connectivity index (χ2n) is 16.1. The third-order valence-corrected chi connectivity index (χ3v) is 13.4. The third kappa shape index (κ3) is 6.35. The Bertz CT molecular complexity index is 4010. The molecule has 65 heavy (non-hydrogen) atoms. The van der Waals surface area contributed by atoms with E-state index in [0.29, 0.717) is 11.4 Å². The predicted octanol–water partition coefficient (Wildman–Crippen LogP) is 16.0. The van der Waals surface area contributed by atoms with E-state index in [4.69, 9.17) is 24.2 Å². The molecule has 8 aromatic carbocycles. The molecule has 0 spiro atoms. The van der Waals surface area contributed by atoms with Gasteiger partial charge < -0.3 is 13.4 Å². The van der Waals surface area contributed by atoms with Crippen molar-refractivity contribution in [3.05, 3.63) is 210 Å². The van der Waals surface area contributed by atoms with Crippen molar-refractivity contribution in [3.63, 3.8) is 0 Å². The van der Waals surface area contributed by atoms with Crippen LogP contribution in [0.2, 0.25) is 0 Å². The second kappa shape index (κ2) is 15.4. The lowest BCUT2D eigenvalue weighted by Gasteiger charge is -2.10. The number of hydrogen-bond acceptors (Lipinski definition) is 4. The fourth-order valence-electron chi connectivity index (χ4n) is 9.35. The number of hydrogen-bond donors (Lipinski definition) is 1. The van der Waals surface area contributed by atoms with E-state index in [1.54, 1.807) is 0 Å². The van der Waals surface area contributed by atoms with Gasteiger partial charge in [-0.2, -0.15) is 0 Å². The highest BCUT2D eigenvalue weighted by Gasteiger charge is 2.19. The third-order valence-electron chi connectivity index (χ3n) is 12.3. The smallest absolute Gasteiger partial charge is 0.161 e. The number of rotatable bonds is 7. The van der Waals surface area contributed by atoms with E-state index in [-0.39, 0.29) is 5.84 Å². The summed E-state index contributed by atoms with van der Waals surface area (Å²) in [4.78, 5) is 9.84. The van der Waals surface area contributed by atoms with Crippen LogP contribution in [0.5, 0.6) is 0 Å². The lowest BCUT2D eigenvalue weighted by Crippen LogP contribution is -2.04. The molecule has 4 heterocycles. The van der Waals surface area contributed by atoms with Crippen molar-refractivity contribution in [2.45, 2.75) is 6.92 Å². The lowest BCUT2D eigenvalue weighted by molar-refractivity contribution is 0.668. The number of allylic oxidation sites excluding steroid dienone is 1. The van der Waals surface area contributed by atoms with Gasteiger partial charge in [0.2, 0.25) is 0 Å². The zero-order valence-electron chi connectivity index (χ0n) is 35.2. The molecule has 0 aliphatic carbocycles. The number of nitrogens with zero attached hydrogens (tertiary/aromatic N) is 3. The number of nitrogens with one attached hydrogen (secondary N) is 1. The van der Waals surface area contributed by atoms with Gasteiger partial charge in [0.1, 0.15) is 22.3 Å². The van der Waals surface area contributed by atoms with Crippen LogP contribution in [0.1, 0.15) is 34.9 Å². The number of para-hydroxylation sites is 2. The Morgan fingerprint density at radius 2 is 1.37 bits per heavy atom. The normalized spacial score (nSPS) is 12.5. The summed E-state index contributed by atoms with van der Waals surface area (Å²) in [5, 5.41) is 16.6. The Hall–Kier alpha value is -8.39. The molecule has 0 aliphatic heterocycles. The number of fused-ring (bicyclic) bond motifs is 10. The van der Waals surface area contributed by atoms with Gasteiger partial charge in [0.15, 0.2) is 11.7 Å². The molecule has 0 saturated carbocycles. The van der Waals surface area contributed by atoms with Crippen molar-refractivity contribution < 1.29 is 8.83 Å². The van der Waals surface area contributed by atoms with Crippen molar-refractivity contribution >= 4 is 116 Å². The van der Waals surface area contributed by atoms with E-state index < -0.39 is 0 Å². The molecule has 0 saturated heterocycles. The number of aromatic nitrogens is 1. The SMILES string of the molecule is C=Cc1c(/C=C\C)n(-c2ccc3c(c2)sc2cccc(-c4ccc5oc6cccc(C=NC(=NC(=N)c7ccccc7)c7ccc8c(c7)oc7ccccc78)c6c5c4)c23)c2ccccc12. The van der Waals surface area contributed by atoms with Crippen LogP contribution in [-0.2, 0) is 0 Å². The van der Waals surface area contributed by atoms with E-state index in [9.17, 15) is 0 Å². The van der Waals surface area contributed by atoms with Gasteiger partial charge in [0, 0.05) is 81.3 Å². The van der Waals surface area contributed by atoms with Crippen LogP contribution >= 0.6 is 11.3 Å². The summed E-state index contributed by atoms with van der Waals surface area (Å²) < 4.78 is 17.5. The van der Waals surface area contributed by atoms with E-state index in [1.807, 2.05) is 102 Å². The quantitative estimate of drug-likeness (QED) is 0.128. The zero-order chi connectivity index (χ0) is 43.6. The minimum absolute atomic E-state index is 0.115. The summed E-state index contributed by atoms with van der Waals surface area (Å²) in [5.41, 5.74) is 12.2. The van der Waals surface area contributed by atoms with Crippen LogP contribution in [0.4, 0.5) is 0 Å². The number of benzene rings is 8. The van der Waals surface area contributed by atoms with Crippen molar-refractivity contribution in [1.82, 2.24) is 4.57 Å². The molecule has 0 amide bonds. The average Bonchev–Trinajstić information content (AvgIpc) is 4.11. The van der Waals surface area contributed by atoms with E-state index in [1.165, 1.54) is 25.6 Å². The Balaban J connectivity index is 0.968. The van der Waals surface area contributed by atoms with E-state index in [2.05, 4.69) is 121 Å². The molecule has 0 radical (unpaired) electrons. The van der Waals surface area contributed by atoms with Crippen molar-refractivity contribution in [2.75, 3.05) is 0 Å². The van der Waals surface area contributed by atoms with Crippen LogP contribution < -0.4 is 0 Å². The predicted molar refractivity (Wildman–Crippen MR) is 275 cm³/mol. The van der Waals surface area contributed by atoms with Gasteiger partial charge in [0.25, 0.3) is 0 Å². The van der Waals surface area contributed by atoms with Gasteiger partial charge in [-0.1, -0.05) is 128 Å². The average molecular weight is 855 g/mol. The van der Waals surface area contributed by atoms with Crippen LogP contribution in [-0.4, -0.2) is 22.5 Å². The number of aliphatic imine (C=N–C) groups is 2. The molecule has 0 fully saturated rings.